The number of halogens is 1. The van der Waals surface area contributed by atoms with E-state index >= 15 is 0 Å². The number of piperazine rings is 2. The molecule has 2 atom stereocenters. The summed E-state index contributed by atoms with van der Waals surface area (Å²) in [6.45, 7) is 6.18. The van der Waals surface area contributed by atoms with Gasteiger partial charge in [-0.25, -0.2) is 0 Å². The molecule has 1 N–H and O–H groups in total. The van der Waals surface area contributed by atoms with Crippen molar-refractivity contribution in [3.63, 3.8) is 0 Å². The highest BCUT2D eigenvalue weighted by atomic mass is 35.5. The Labute approximate surface area is 182 Å². The van der Waals surface area contributed by atoms with Gasteiger partial charge in [-0.1, -0.05) is 11.6 Å². The number of nitrogens with zero attached hydrogens (tertiary/aromatic N) is 3. The van der Waals surface area contributed by atoms with E-state index in [1.54, 1.807) is 24.3 Å². The van der Waals surface area contributed by atoms with Crippen LogP contribution >= 0.6 is 11.6 Å². The molecule has 2 amide bonds. The van der Waals surface area contributed by atoms with Gasteiger partial charge in [0.05, 0.1) is 12.1 Å². The van der Waals surface area contributed by atoms with Crippen LogP contribution in [0.25, 0.3) is 0 Å². The molecule has 3 aliphatic heterocycles. The lowest BCUT2D eigenvalue weighted by atomic mass is 9.90. The number of carbonyl (C=O) groups is 2. The van der Waals surface area contributed by atoms with Crippen LogP contribution in [0.4, 0.5) is 0 Å². The molecule has 1 aromatic rings. The Hall–Kier alpha value is -1.67. The van der Waals surface area contributed by atoms with E-state index in [2.05, 4.69) is 4.90 Å². The quantitative estimate of drug-likeness (QED) is 0.778. The van der Waals surface area contributed by atoms with Gasteiger partial charge in [-0.15, -0.1) is 0 Å². The highest BCUT2D eigenvalue weighted by Gasteiger charge is 2.47. The van der Waals surface area contributed by atoms with Crippen molar-refractivity contribution in [1.82, 2.24) is 14.7 Å². The monoisotopic (exact) mass is 435 g/mol. The Bertz CT molecular complexity index is 783. The molecule has 3 heterocycles. The van der Waals surface area contributed by atoms with Crippen molar-refractivity contribution in [2.24, 2.45) is 5.92 Å². The topological polar surface area (TPSA) is 73.3 Å². The minimum atomic E-state index is -0.529. The van der Waals surface area contributed by atoms with Gasteiger partial charge < -0.3 is 19.6 Å². The number of fused-ring (bicyclic) bond motifs is 1. The van der Waals surface area contributed by atoms with Gasteiger partial charge >= 0.3 is 0 Å². The summed E-state index contributed by atoms with van der Waals surface area (Å²) in [5.74, 6) is 0.161. The van der Waals surface area contributed by atoms with Crippen LogP contribution in [0.2, 0.25) is 5.02 Å². The molecule has 30 heavy (non-hydrogen) atoms. The van der Waals surface area contributed by atoms with Crippen LogP contribution in [-0.4, -0.2) is 95.7 Å². The summed E-state index contributed by atoms with van der Waals surface area (Å²) in [6, 6.07) is 6.89. The average Bonchev–Trinajstić information content (AvgIpc) is 2.78. The van der Waals surface area contributed by atoms with Gasteiger partial charge in [0.25, 0.3) is 5.91 Å². The summed E-state index contributed by atoms with van der Waals surface area (Å²) in [7, 11) is 0. The summed E-state index contributed by atoms with van der Waals surface area (Å²) in [5, 5.41) is 10.8. The van der Waals surface area contributed by atoms with Gasteiger partial charge in [0, 0.05) is 68.5 Å². The molecule has 3 saturated heterocycles. The molecular weight excluding hydrogens is 406 g/mol. The standard InChI is InChI=1S/C22H30ClN3O4/c1-22(15-27)14-25(21(29)16-2-4-18(23)5-3-16)13-19-12-24(8-9-26(19)22)20(28)17-6-10-30-11-7-17/h2-5,17,19,27H,6-15H2,1H3. The zero-order valence-electron chi connectivity index (χ0n) is 17.4. The Balaban J connectivity index is 1.50. The highest BCUT2D eigenvalue weighted by Crippen LogP contribution is 2.30. The molecule has 0 radical (unpaired) electrons. The van der Waals surface area contributed by atoms with Crippen molar-refractivity contribution in [2.45, 2.75) is 31.3 Å². The maximum Gasteiger partial charge on any atom is 0.253 e. The molecule has 3 fully saturated rings. The van der Waals surface area contributed by atoms with Crippen LogP contribution in [0.15, 0.2) is 24.3 Å². The van der Waals surface area contributed by atoms with Gasteiger partial charge in [0.1, 0.15) is 0 Å². The van der Waals surface area contributed by atoms with E-state index < -0.39 is 5.54 Å². The summed E-state index contributed by atoms with van der Waals surface area (Å²) in [6.07, 6.45) is 1.55. The normalized spacial score (nSPS) is 28.3. The van der Waals surface area contributed by atoms with Gasteiger partial charge in [0.2, 0.25) is 5.91 Å². The molecule has 3 aliphatic rings. The third-order valence-electron chi connectivity index (χ3n) is 6.74. The van der Waals surface area contributed by atoms with E-state index in [1.807, 2.05) is 16.7 Å². The second kappa shape index (κ2) is 8.83. The van der Waals surface area contributed by atoms with E-state index in [0.717, 1.165) is 12.8 Å². The number of hydrogen-bond acceptors (Lipinski definition) is 5. The Morgan fingerprint density at radius 1 is 1.13 bits per heavy atom. The summed E-state index contributed by atoms with van der Waals surface area (Å²) in [5.41, 5.74) is 0.0535. The van der Waals surface area contributed by atoms with Crippen molar-refractivity contribution >= 4 is 23.4 Å². The Morgan fingerprint density at radius 3 is 2.47 bits per heavy atom. The van der Waals surface area contributed by atoms with E-state index in [-0.39, 0.29) is 30.4 Å². The van der Waals surface area contributed by atoms with Crippen molar-refractivity contribution < 1.29 is 19.4 Å². The van der Waals surface area contributed by atoms with Crippen LogP contribution in [0.5, 0.6) is 0 Å². The van der Waals surface area contributed by atoms with Crippen LogP contribution in [0.1, 0.15) is 30.1 Å². The molecule has 0 bridgehead atoms. The summed E-state index contributed by atoms with van der Waals surface area (Å²) in [4.78, 5) is 32.2. The fourth-order valence-electron chi connectivity index (χ4n) is 5.02. The van der Waals surface area contributed by atoms with Crippen molar-refractivity contribution in [1.29, 1.82) is 0 Å². The predicted octanol–water partition coefficient (Wildman–Crippen LogP) is 1.49. The Morgan fingerprint density at radius 2 is 1.80 bits per heavy atom. The molecule has 0 aliphatic carbocycles. The third kappa shape index (κ3) is 4.21. The lowest BCUT2D eigenvalue weighted by molar-refractivity contribution is -0.146. The SMILES string of the molecule is CC1(CO)CN(C(=O)c2ccc(Cl)cc2)CC2CN(C(=O)C3CCOCC3)CCN21. The van der Waals surface area contributed by atoms with E-state index in [9.17, 15) is 14.7 Å². The van der Waals surface area contributed by atoms with Crippen LogP contribution in [0, 0.1) is 5.92 Å². The number of rotatable bonds is 3. The molecule has 8 heteroatoms. The maximum atomic E-state index is 13.1. The Kier molecular flexibility index (Phi) is 6.34. The fourth-order valence-corrected chi connectivity index (χ4v) is 5.14. The zero-order chi connectivity index (χ0) is 21.3. The van der Waals surface area contributed by atoms with Gasteiger partial charge in [0.15, 0.2) is 0 Å². The largest absolute Gasteiger partial charge is 0.394 e. The smallest absolute Gasteiger partial charge is 0.253 e. The molecule has 4 rings (SSSR count). The minimum absolute atomic E-state index is 0.00434. The number of amides is 2. The van der Waals surface area contributed by atoms with Crippen molar-refractivity contribution in [3.05, 3.63) is 34.9 Å². The van der Waals surface area contributed by atoms with Gasteiger partial charge in [-0.05, 0) is 44.0 Å². The van der Waals surface area contributed by atoms with Crippen molar-refractivity contribution in [3.8, 4) is 0 Å². The lowest BCUT2D eigenvalue weighted by Crippen LogP contribution is -2.72. The summed E-state index contributed by atoms with van der Waals surface area (Å²) < 4.78 is 5.40. The molecule has 2 unspecified atom stereocenters. The fraction of sp³-hybridized carbons (Fsp3) is 0.636. The summed E-state index contributed by atoms with van der Waals surface area (Å²) >= 11 is 5.96. The molecule has 164 valence electrons. The number of carbonyl (C=O) groups excluding carboxylic acids is 2. The number of ether oxygens (including phenoxy) is 1. The second-order valence-corrected chi connectivity index (χ2v) is 9.30. The third-order valence-corrected chi connectivity index (χ3v) is 6.99. The highest BCUT2D eigenvalue weighted by molar-refractivity contribution is 6.30. The van der Waals surface area contributed by atoms with Gasteiger partial charge in [-0.2, -0.15) is 0 Å². The minimum Gasteiger partial charge on any atom is -0.394 e. The molecule has 0 aromatic heterocycles. The predicted molar refractivity (Wildman–Crippen MR) is 113 cm³/mol. The first-order valence-electron chi connectivity index (χ1n) is 10.7. The second-order valence-electron chi connectivity index (χ2n) is 8.87. The maximum absolute atomic E-state index is 13.1. The number of benzene rings is 1. The first kappa shape index (κ1) is 21.6. The first-order valence-corrected chi connectivity index (χ1v) is 11.1. The number of hydrogen-bond donors (Lipinski definition) is 1. The number of aliphatic hydroxyl groups is 1. The van der Waals surface area contributed by atoms with E-state index in [4.69, 9.17) is 16.3 Å². The zero-order valence-corrected chi connectivity index (χ0v) is 18.2. The molecule has 0 saturated carbocycles. The van der Waals surface area contributed by atoms with Crippen LogP contribution in [0.3, 0.4) is 0 Å². The molecule has 7 nitrogen and oxygen atoms in total. The average molecular weight is 436 g/mol. The lowest BCUT2D eigenvalue weighted by Gasteiger charge is -2.56. The molecular formula is C22H30ClN3O4. The van der Waals surface area contributed by atoms with Crippen LogP contribution in [-0.2, 0) is 9.53 Å². The van der Waals surface area contributed by atoms with E-state index in [0.29, 0.717) is 56.5 Å². The van der Waals surface area contributed by atoms with E-state index in [1.165, 1.54) is 0 Å². The van der Waals surface area contributed by atoms with Gasteiger partial charge in [-0.3, -0.25) is 14.5 Å². The first-order chi connectivity index (χ1) is 14.4. The van der Waals surface area contributed by atoms with Crippen molar-refractivity contribution in [2.75, 3.05) is 52.5 Å². The molecule has 1 aromatic carbocycles. The number of aliphatic hydroxyl groups excluding tert-OH is 1. The van der Waals surface area contributed by atoms with Crippen LogP contribution < -0.4 is 0 Å². The molecule has 0 spiro atoms.